The third kappa shape index (κ3) is 3.00. The van der Waals surface area contributed by atoms with Gasteiger partial charge in [-0.15, -0.1) is 0 Å². The molecule has 3 aromatic rings. The second-order valence-electron chi connectivity index (χ2n) is 9.18. The SMILES string of the molecule is Cc1nc2c(N3CCOCC3)n[nH]c2nc1N1CCC2(CC1)Cc1ccccc1[C@H]2N. The third-order valence-corrected chi connectivity index (χ3v) is 7.49. The summed E-state index contributed by atoms with van der Waals surface area (Å²) in [5, 5.41) is 7.63. The largest absolute Gasteiger partial charge is 0.378 e. The lowest BCUT2D eigenvalue weighted by Gasteiger charge is -2.42. The van der Waals surface area contributed by atoms with Crippen molar-refractivity contribution in [1.29, 1.82) is 0 Å². The van der Waals surface area contributed by atoms with Crippen molar-refractivity contribution < 1.29 is 4.74 Å². The van der Waals surface area contributed by atoms with E-state index in [0.717, 1.165) is 87.1 Å². The number of fused-ring (bicyclic) bond motifs is 2. The molecule has 3 N–H and O–H groups in total. The van der Waals surface area contributed by atoms with Gasteiger partial charge in [-0.2, -0.15) is 5.10 Å². The summed E-state index contributed by atoms with van der Waals surface area (Å²) >= 11 is 0. The van der Waals surface area contributed by atoms with Crippen LogP contribution in [0.1, 0.15) is 35.7 Å². The predicted molar refractivity (Wildman–Crippen MR) is 120 cm³/mol. The maximum absolute atomic E-state index is 6.74. The topological polar surface area (TPSA) is 96.2 Å². The van der Waals surface area contributed by atoms with Gasteiger partial charge in [-0.05, 0) is 42.7 Å². The van der Waals surface area contributed by atoms with Gasteiger partial charge in [-0.1, -0.05) is 24.3 Å². The molecule has 0 bridgehead atoms. The molecule has 2 fully saturated rings. The van der Waals surface area contributed by atoms with Gasteiger partial charge in [0.1, 0.15) is 0 Å². The van der Waals surface area contributed by atoms with Crippen LogP contribution in [0.15, 0.2) is 24.3 Å². The molecule has 0 amide bonds. The monoisotopic (exact) mass is 419 g/mol. The van der Waals surface area contributed by atoms with E-state index in [-0.39, 0.29) is 11.5 Å². The fraction of sp³-hybridized carbons (Fsp3) is 0.522. The van der Waals surface area contributed by atoms with Crippen LogP contribution < -0.4 is 15.5 Å². The van der Waals surface area contributed by atoms with Crippen LogP contribution in [0, 0.1) is 12.3 Å². The fourth-order valence-corrected chi connectivity index (χ4v) is 5.67. The second kappa shape index (κ2) is 7.17. The Bertz CT molecular complexity index is 1110. The van der Waals surface area contributed by atoms with E-state index in [0.29, 0.717) is 0 Å². The number of hydrogen-bond donors (Lipinski definition) is 2. The molecule has 2 saturated heterocycles. The van der Waals surface area contributed by atoms with E-state index in [4.69, 9.17) is 20.4 Å². The van der Waals surface area contributed by atoms with Crippen molar-refractivity contribution in [3.8, 4) is 0 Å². The molecule has 3 aliphatic rings. The van der Waals surface area contributed by atoms with Crippen LogP contribution in [0.3, 0.4) is 0 Å². The first-order valence-electron chi connectivity index (χ1n) is 11.3. The third-order valence-electron chi connectivity index (χ3n) is 7.49. The molecule has 6 rings (SSSR count). The van der Waals surface area contributed by atoms with Gasteiger partial charge in [-0.25, -0.2) is 9.97 Å². The number of aromatic amines is 1. The lowest BCUT2D eigenvalue weighted by Crippen LogP contribution is -2.44. The van der Waals surface area contributed by atoms with Crippen LogP contribution in [0.4, 0.5) is 11.6 Å². The first kappa shape index (κ1) is 19.0. The zero-order valence-corrected chi connectivity index (χ0v) is 18.0. The second-order valence-corrected chi connectivity index (χ2v) is 9.18. The summed E-state index contributed by atoms with van der Waals surface area (Å²) in [7, 11) is 0. The van der Waals surface area contributed by atoms with Crippen LogP contribution in [0.2, 0.25) is 0 Å². The maximum atomic E-state index is 6.74. The molecule has 8 heteroatoms. The highest BCUT2D eigenvalue weighted by Gasteiger charge is 2.46. The van der Waals surface area contributed by atoms with E-state index < -0.39 is 0 Å². The molecule has 0 saturated carbocycles. The van der Waals surface area contributed by atoms with Crippen LogP contribution in [0.5, 0.6) is 0 Å². The Morgan fingerprint density at radius 3 is 2.55 bits per heavy atom. The van der Waals surface area contributed by atoms with Crippen LogP contribution in [-0.4, -0.2) is 59.6 Å². The zero-order valence-electron chi connectivity index (χ0n) is 18.0. The number of nitrogens with two attached hydrogens (primary N) is 1. The summed E-state index contributed by atoms with van der Waals surface area (Å²) in [6.45, 7) is 7.07. The Kier molecular flexibility index (Phi) is 4.40. The van der Waals surface area contributed by atoms with E-state index in [9.17, 15) is 0 Å². The van der Waals surface area contributed by atoms with Crippen LogP contribution in [0.25, 0.3) is 11.2 Å². The summed E-state index contributed by atoms with van der Waals surface area (Å²) in [6.07, 6.45) is 3.24. The summed E-state index contributed by atoms with van der Waals surface area (Å²) in [5.74, 6) is 1.84. The van der Waals surface area contributed by atoms with Crippen molar-refractivity contribution in [2.45, 2.75) is 32.2 Å². The quantitative estimate of drug-likeness (QED) is 0.658. The van der Waals surface area contributed by atoms with E-state index in [1.54, 1.807) is 0 Å². The van der Waals surface area contributed by atoms with Crippen molar-refractivity contribution in [3.63, 3.8) is 0 Å². The molecular weight excluding hydrogens is 390 g/mol. The minimum atomic E-state index is 0.129. The maximum Gasteiger partial charge on any atom is 0.178 e. The van der Waals surface area contributed by atoms with Gasteiger partial charge in [0.2, 0.25) is 0 Å². The molecule has 31 heavy (non-hydrogen) atoms. The van der Waals surface area contributed by atoms with Crippen molar-refractivity contribution in [1.82, 2.24) is 20.2 Å². The van der Waals surface area contributed by atoms with E-state index in [1.165, 1.54) is 11.1 Å². The highest BCUT2D eigenvalue weighted by molar-refractivity contribution is 5.85. The van der Waals surface area contributed by atoms with Crippen LogP contribution in [-0.2, 0) is 11.2 Å². The van der Waals surface area contributed by atoms with Gasteiger partial charge in [0.05, 0.1) is 18.9 Å². The Hall–Kier alpha value is -2.71. The molecule has 2 aliphatic heterocycles. The standard InChI is InChI=1S/C23H29N7O/c1-15-21(26-20-18(25-15)22(28-27-20)30-10-12-31-13-11-30)29-8-6-23(7-9-29)14-16-4-2-3-5-17(16)19(23)24/h2-5,19H,6-14,24H2,1H3,(H,26,27,28)/t19-/m1/s1. The molecule has 2 aromatic heterocycles. The number of hydrogen-bond acceptors (Lipinski definition) is 7. The lowest BCUT2D eigenvalue weighted by molar-refractivity contribution is 0.122. The van der Waals surface area contributed by atoms with Gasteiger partial charge < -0.3 is 20.3 Å². The van der Waals surface area contributed by atoms with Gasteiger partial charge in [0, 0.05) is 32.2 Å². The number of benzene rings is 1. The Balaban J connectivity index is 1.24. The number of H-pyrrole nitrogens is 1. The smallest absolute Gasteiger partial charge is 0.178 e. The lowest BCUT2D eigenvalue weighted by atomic mass is 9.73. The normalized spacial score (nSPS) is 23.0. The number of nitrogens with one attached hydrogen (secondary N) is 1. The van der Waals surface area contributed by atoms with Crippen molar-refractivity contribution >= 4 is 22.8 Å². The molecule has 4 heterocycles. The highest BCUT2D eigenvalue weighted by Crippen LogP contribution is 2.51. The number of morpholine rings is 1. The minimum absolute atomic E-state index is 0.129. The van der Waals surface area contributed by atoms with Gasteiger partial charge in [0.15, 0.2) is 22.8 Å². The van der Waals surface area contributed by atoms with Gasteiger partial charge in [-0.3, -0.25) is 5.10 Å². The van der Waals surface area contributed by atoms with Crippen molar-refractivity contribution in [3.05, 3.63) is 41.1 Å². The number of aryl methyl sites for hydroxylation is 1. The van der Waals surface area contributed by atoms with E-state index >= 15 is 0 Å². The molecule has 1 aliphatic carbocycles. The molecular formula is C23H29N7O. The number of rotatable bonds is 2. The van der Waals surface area contributed by atoms with Crippen molar-refractivity contribution in [2.75, 3.05) is 49.2 Å². The summed E-state index contributed by atoms with van der Waals surface area (Å²) in [4.78, 5) is 14.5. The predicted octanol–water partition coefficient (Wildman–Crippen LogP) is 2.34. The summed E-state index contributed by atoms with van der Waals surface area (Å²) in [6, 6.07) is 8.81. The molecule has 1 aromatic carbocycles. The average Bonchev–Trinajstić information content (AvgIpc) is 3.33. The Morgan fingerprint density at radius 2 is 1.77 bits per heavy atom. The molecule has 162 valence electrons. The number of ether oxygens (including phenoxy) is 1. The minimum Gasteiger partial charge on any atom is -0.378 e. The van der Waals surface area contributed by atoms with E-state index in [2.05, 4.69) is 51.2 Å². The Morgan fingerprint density at radius 1 is 1.03 bits per heavy atom. The molecule has 8 nitrogen and oxygen atoms in total. The number of nitrogens with zero attached hydrogens (tertiary/aromatic N) is 5. The molecule has 1 atom stereocenters. The molecule has 0 unspecified atom stereocenters. The number of piperidine rings is 1. The van der Waals surface area contributed by atoms with Crippen LogP contribution >= 0.6 is 0 Å². The molecule has 0 radical (unpaired) electrons. The van der Waals surface area contributed by atoms with Gasteiger partial charge in [0.25, 0.3) is 0 Å². The fourth-order valence-electron chi connectivity index (χ4n) is 5.67. The number of anilines is 2. The summed E-state index contributed by atoms with van der Waals surface area (Å²) in [5.41, 5.74) is 12.2. The average molecular weight is 420 g/mol. The zero-order chi connectivity index (χ0) is 21.0. The van der Waals surface area contributed by atoms with Crippen molar-refractivity contribution in [2.24, 2.45) is 11.1 Å². The van der Waals surface area contributed by atoms with Gasteiger partial charge >= 0.3 is 0 Å². The van der Waals surface area contributed by atoms with E-state index in [1.807, 2.05) is 0 Å². The highest BCUT2D eigenvalue weighted by atomic mass is 16.5. The number of aromatic nitrogens is 4. The molecule has 1 spiro atoms. The summed E-state index contributed by atoms with van der Waals surface area (Å²) < 4.78 is 5.47. The first-order valence-corrected chi connectivity index (χ1v) is 11.3. The first-order chi connectivity index (χ1) is 15.1. The Labute approximate surface area is 181 Å².